The van der Waals surface area contributed by atoms with Gasteiger partial charge in [0.25, 0.3) is 0 Å². The summed E-state index contributed by atoms with van der Waals surface area (Å²) in [7, 11) is 0. The third-order valence-electron chi connectivity index (χ3n) is 1.78. The van der Waals surface area contributed by atoms with E-state index in [4.69, 9.17) is 10.2 Å². The van der Waals surface area contributed by atoms with Crippen LogP contribution in [-0.4, -0.2) is 44.8 Å². The molecule has 0 bridgehead atoms. The molecule has 0 unspecified atom stereocenters. The summed E-state index contributed by atoms with van der Waals surface area (Å²) in [5, 5.41) is 22.0. The Hall–Kier alpha value is -2.22. The molecule has 0 fully saturated rings. The van der Waals surface area contributed by atoms with Gasteiger partial charge in [0.15, 0.2) is 6.10 Å². The van der Waals surface area contributed by atoms with E-state index < -0.39 is 18.1 Å². The molecule has 4 N–H and O–H groups in total. The number of rotatable bonds is 5. The van der Waals surface area contributed by atoms with E-state index in [0.29, 0.717) is 0 Å². The number of anilines is 1. The molecule has 0 aliphatic carbocycles. The Morgan fingerprint density at radius 3 is 2.59 bits per heavy atom. The number of aliphatic carboxylic acids is 1. The van der Waals surface area contributed by atoms with Crippen molar-refractivity contribution < 1.29 is 19.8 Å². The first kappa shape index (κ1) is 12.8. The van der Waals surface area contributed by atoms with Crippen molar-refractivity contribution in [2.75, 3.05) is 11.9 Å². The van der Waals surface area contributed by atoms with Gasteiger partial charge in [-0.05, 0) is 6.07 Å². The molecule has 92 valence electrons. The first-order chi connectivity index (χ1) is 8.09. The van der Waals surface area contributed by atoms with Crippen LogP contribution in [0.5, 0.6) is 0 Å². The largest absolute Gasteiger partial charge is 0.479 e. The molecule has 8 nitrogen and oxygen atoms in total. The van der Waals surface area contributed by atoms with Crippen LogP contribution in [0.15, 0.2) is 18.5 Å². The number of urea groups is 1. The smallest absolute Gasteiger partial charge is 0.332 e. The fourth-order valence-corrected chi connectivity index (χ4v) is 0.955. The Bertz CT molecular complexity index is 384. The van der Waals surface area contributed by atoms with E-state index in [2.05, 4.69) is 20.6 Å². The SMILES string of the molecule is O=C(NCC[C@H](O)C(=O)O)Nc1ncccn1. The molecule has 0 radical (unpaired) electrons. The van der Waals surface area contributed by atoms with Gasteiger partial charge in [0, 0.05) is 25.4 Å². The molecular weight excluding hydrogens is 228 g/mol. The van der Waals surface area contributed by atoms with Crippen LogP contribution in [0.1, 0.15) is 6.42 Å². The van der Waals surface area contributed by atoms with Crippen LogP contribution in [0.4, 0.5) is 10.7 Å². The number of aliphatic hydroxyl groups excluding tert-OH is 1. The van der Waals surface area contributed by atoms with Gasteiger partial charge in [0.2, 0.25) is 5.95 Å². The van der Waals surface area contributed by atoms with E-state index in [1.54, 1.807) is 6.07 Å². The number of aliphatic hydroxyl groups is 1. The van der Waals surface area contributed by atoms with E-state index in [9.17, 15) is 9.59 Å². The monoisotopic (exact) mass is 240 g/mol. The lowest BCUT2D eigenvalue weighted by Gasteiger charge is -2.07. The summed E-state index contributed by atoms with van der Waals surface area (Å²) in [5.74, 6) is -1.18. The van der Waals surface area contributed by atoms with Crippen molar-refractivity contribution in [1.82, 2.24) is 15.3 Å². The molecule has 2 amide bonds. The van der Waals surface area contributed by atoms with E-state index >= 15 is 0 Å². The Balaban J connectivity index is 2.25. The predicted molar refractivity (Wildman–Crippen MR) is 57.3 cm³/mol. The number of hydrogen-bond donors (Lipinski definition) is 4. The van der Waals surface area contributed by atoms with Crippen LogP contribution in [0.25, 0.3) is 0 Å². The number of nitrogens with zero attached hydrogens (tertiary/aromatic N) is 2. The van der Waals surface area contributed by atoms with Gasteiger partial charge in [0.05, 0.1) is 0 Å². The second-order valence-electron chi connectivity index (χ2n) is 3.10. The van der Waals surface area contributed by atoms with Crippen molar-refractivity contribution in [3.05, 3.63) is 18.5 Å². The number of nitrogens with one attached hydrogen (secondary N) is 2. The molecule has 1 heterocycles. The molecule has 17 heavy (non-hydrogen) atoms. The van der Waals surface area contributed by atoms with Crippen molar-refractivity contribution in [1.29, 1.82) is 0 Å². The highest BCUT2D eigenvalue weighted by Crippen LogP contribution is 1.94. The van der Waals surface area contributed by atoms with Gasteiger partial charge >= 0.3 is 12.0 Å². The summed E-state index contributed by atoms with van der Waals surface area (Å²) in [6, 6.07) is 1.04. The van der Waals surface area contributed by atoms with Crippen LogP contribution in [-0.2, 0) is 4.79 Å². The molecule has 1 aromatic rings. The Kier molecular flexibility index (Phi) is 4.82. The van der Waals surface area contributed by atoms with Crippen LogP contribution in [0.2, 0.25) is 0 Å². The molecule has 0 saturated carbocycles. The number of aromatic nitrogens is 2. The van der Waals surface area contributed by atoms with Gasteiger partial charge in [-0.1, -0.05) is 0 Å². The number of carbonyl (C=O) groups is 2. The van der Waals surface area contributed by atoms with Crippen molar-refractivity contribution in [3.8, 4) is 0 Å². The predicted octanol–water partition coefficient (Wildman–Crippen LogP) is -0.566. The summed E-state index contributed by atoms with van der Waals surface area (Å²) in [4.78, 5) is 29.0. The molecule has 0 aromatic carbocycles. The van der Waals surface area contributed by atoms with Gasteiger partial charge in [-0.2, -0.15) is 0 Å². The van der Waals surface area contributed by atoms with Crippen LogP contribution in [0, 0.1) is 0 Å². The summed E-state index contributed by atoms with van der Waals surface area (Å²) >= 11 is 0. The lowest BCUT2D eigenvalue weighted by molar-refractivity contribution is -0.146. The molecule has 8 heteroatoms. The minimum Gasteiger partial charge on any atom is -0.479 e. The average molecular weight is 240 g/mol. The fourth-order valence-electron chi connectivity index (χ4n) is 0.955. The third-order valence-corrected chi connectivity index (χ3v) is 1.78. The first-order valence-corrected chi connectivity index (χ1v) is 4.82. The molecule has 1 aromatic heterocycles. The minimum absolute atomic E-state index is 0.0339. The average Bonchev–Trinajstić information content (AvgIpc) is 2.30. The number of carboxylic acid groups (broad SMARTS) is 1. The van der Waals surface area contributed by atoms with E-state index in [-0.39, 0.29) is 18.9 Å². The maximum Gasteiger partial charge on any atom is 0.332 e. The minimum atomic E-state index is -1.48. The maximum atomic E-state index is 11.2. The molecule has 1 atom stereocenters. The van der Waals surface area contributed by atoms with Crippen molar-refractivity contribution in [2.45, 2.75) is 12.5 Å². The highest BCUT2D eigenvalue weighted by Gasteiger charge is 2.12. The standard InChI is InChI=1S/C9H12N4O4/c14-6(7(15)16)2-5-12-9(17)13-8-10-3-1-4-11-8/h1,3-4,6,14H,2,5H2,(H,15,16)(H2,10,11,12,13,17)/t6-/m0/s1. The zero-order chi connectivity index (χ0) is 12.7. The molecule has 0 saturated heterocycles. The van der Waals surface area contributed by atoms with Crippen molar-refractivity contribution in [3.63, 3.8) is 0 Å². The Morgan fingerprint density at radius 1 is 1.35 bits per heavy atom. The van der Waals surface area contributed by atoms with Gasteiger partial charge in [-0.3, -0.25) is 5.32 Å². The number of amides is 2. The second-order valence-corrected chi connectivity index (χ2v) is 3.10. The first-order valence-electron chi connectivity index (χ1n) is 4.82. The second kappa shape index (κ2) is 6.38. The van der Waals surface area contributed by atoms with Gasteiger partial charge in [-0.25, -0.2) is 19.6 Å². The molecule has 0 aliphatic rings. The summed E-state index contributed by atoms with van der Waals surface area (Å²) in [6.07, 6.45) is 1.38. The highest BCUT2D eigenvalue weighted by molar-refractivity contribution is 5.87. The number of hydrogen-bond acceptors (Lipinski definition) is 5. The Labute approximate surface area is 96.7 Å². The van der Waals surface area contributed by atoms with Crippen LogP contribution < -0.4 is 10.6 Å². The van der Waals surface area contributed by atoms with Gasteiger partial charge < -0.3 is 15.5 Å². The van der Waals surface area contributed by atoms with Crippen molar-refractivity contribution >= 4 is 17.9 Å². The zero-order valence-corrected chi connectivity index (χ0v) is 8.83. The Morgan fingerprint density at radius 2 is 2.00 bits per heavy atom. The van der Waals surface area contributed by atoms with Crippen LogP contribution in [0.3, 0.4) is 0 Å². The molecular formula is C9H12N4O4. The van der Waals surface area contributed by atoms with Crippen LogP contribution >= 0.6 is 0 Å². The summed E-state index contributed by atoms with van der Waals surface area (Å²) in [5.41, 5.74) is 0. The summed E-state index contributed by atoms with van der Waals surface area (Å²) < 4.78 is 0. The lowest BCUT2D eigenvalue weighted by atomic mass is 10.2. The molecule has 1 rings (SSSR count). The summed E-state index contributed by atoms with van der Waals surface area (Å²) in [6.45, 7) is 0.0339. The topological polar surface area (TPSA) is 124 Å². The molecule has 0 aliphatic heterocycles. The van der Waals surface area contributed by atoms with Gasteiger partial charge in [0.1, 0.15) is 0 Å². The lowest BCUT2D eigenvalue weighted by Crippen LogP contribution is -2.33. The normalized spacial score (nSPS) is 11.6. The molecule has 0 spiro atoms. The fraction of sp³-hybridized carbons (Fsp3) is 0.333. The van der Waals surface area contributed by atoms with E-state index in [0.717, 1.165) is 0 Å². The van der Waals surface area contributed by atoms with Crippen molar-refractivity contribution in [2.24, 2.45) is 0 Å². The maximum absolute atomic E-state index is 11.2. The van der Waals surface area contributed by atoms with E-state index in [1.807, 2.05) is 0 Å². The van der Waals surface area contributed by atoms with Gasteiger partial charge in [-0.15, -0.1) is 0 Å². The number of carboxylic acids is 1. The highest BCUT2D eigenvalue weighted by atomic mass is 16.4. The third kappa shape index (κ3) is 4.89. The quantitative estimate of drug-likeness (QED) is 0.546. The number of carbonyl (C=O) groups excluding carboxylic acids is 1. The zero-order valence-electron chi connectivity index (χ0n) is 8.83. The van der Waals surface area contributed by atoms with E-state index in [1.165, 1.54) is 12.4 Å².